The highest BCUT2D eigenvalue weighted by Gasteiger charge is 2.49. The number of alkyl halides is 2. The number of fused-ring (bicyclic) bond motifs is 1. The van der Waals surface area contributed by atoms with Crippen LogP contribution in [0.5, 0.6) is 5.75 Å². The number of hydrogen-bond donors (Lipinski definition) is 3. The number of nitrogens with one attached hydrogen (secondary N) is 3. The largest absolute Gasteiger partial charge is 0.495 e. The van der Waals surface area contributed by atoms with Gasteiger partial charge in [0.05, 0.1) is 37.1 Å². The van der Waals surface area contributed by atoms with Gasteiger partial charge in [0.15, 0.2) is 5.82 Å². The van der Waals surface area contributed by atoms with Crippen LogP contribution in [-0.2, 0) is 14.4 Å². The van der Waals surface area contributed by atoms with E-state index in [1.54, 1.807) is 35.2 Å². The van der Waals surface area contributed by atoms with Crippen molar-refractivity contribution in [3.63, 3.8) is 0 Å². The molecule has 1 unspecified atom stereocenters. The zero-order valence-corrected chi connectivity index (χ0v) is 35.6. The van der Waals surface area contributed by atoms with Crippen molar-refractivity contribution in [1.29, 1.82) is 0 Å². The molecular weight excluding hydrogens is 804 g/mol. The van der Waals surface area contributed by atoms with E-state index in [1.165, 1.54) is 26.4 Å². The summed E-state index contributed by atoms with van der Waals surface area (Å²) in [4.78, 5) is 66.0. The molecule has 5 aliphatic rings. The monoisotopic (exact) mass is 859 g/mol. The highest BCUT2D eigenvalue weighted by molar-refractivity contribution is 6.02. The molecule has 332 valence electrons. The summed E-state index contributed by atoms with van der Waals surface area (Å²) in [5, 5.41) is 8.69. The molecule has 4 fully saturated rings. The lowest BCUT2D eigenvalue weighted by Gasteiger charge is -2.40. The van der Waals surface area contributed by atoms with Gasteiger partial charge in [0.2, 0.25) is 17.8 Å². The quantitative estimate of drug-likeness (QED) is 0.191. The first-order chi connectivity index (χ1) is 29.8. The number of methoxy groups -OCH3 is 1. The second-order valence-corrected chi connectivity index (χ2v) is 17.6. The number of nitrogens with zero attached hydrogens (tertiary/aromatic N) is 6. The predicted molar refractivity (Wildman–Crippen MR) is 229 cm³/mol. The maximum absolute atomic E-state index is 15.3. The fraction of sp³-hybridized carbons (Fsp3) is 0.556. The molecule has 2 saturated carbocycles. The molecular formula is C45H56F3N9O5. The third kappa shape index (κ3) is 9.18. The van der Waals surface area contributed by atoms with E-state index >= 15 is 13.2 Å². The highest BCUT2D eigenvalue weighted by atomic mass is 19.3. The number of benzene rings is 2. The van der Waals surface area contributed by atoms with Gasteiger partial charge in [-0.25, -0.2) is 9.37 Å². The minimum absolute atomic E-state index is 0.0422. The first-order valence-electron chi connectivity index (χ1n) is 21.9. The second kappa shape index (κ2) is 18.1. The zero-order valence-electron chi connectivity index (χ0n) is 35.6. The molecule has 3 aromatic rings. The van der Waals surface area contributed by atoms with Crippen LogP contribution in [0.3, 0.4) is 0 Å². The van der Waals surface area contributed by atoms with Gasteiger partial charge in [0.25, 0.3) is 11.8 Å². The molecule has 14 nitrogen and oxygen atoms in total. The summed E-state index contributed by atoms with van der Waals surface area (Å²) in [7, 11) is 4.98. The van der Waals surface area contributed by atoms with Crippen molar-refractivity contribution in [2.45, 2.75) is 107 Å². The molecule has 4 heterocycles. The van der Waals surface area contributed by atoms with E-state index in [9.17, 15) is 19.2 Å². The summed E-state index contributed by atoms with van der Waals surface area (Å²) in [6, 6.07) is 10.3. The van der Waals surface area contributed by atoms with Gasteiger partial charge in [-0.2, -0.15) is 13.8 Å². The number of carbonyl (C=O) groups excluding carboxylic acids is 4. The number of carbonyl (C=O) groups is 4. The SMILES string of the molecule is COc1cc(C(=O)N[C@H]2CC[C@H](CN(C)C3CCN(c4ccc(C5CCC(=O)NC5=O)cc4F)CC3)CC2)ccc1Nc1ncc2c(n1)N(C1CCCC1)CC(F)(F)C(=O)N2C. The van der Waals surface area contributed by atoms with Gasteiger partial charge in [0.1, 0.15) is 17.3 Å². The smallest absolute Gasteiger partial charge is 0.342 e. The van der Waals surface area contributed by atoms with E-state index in [2.05, 4.69) is 42.8 Å². The molecule has 17 heteroatoms. The van der Waals surface area contributed by atoms with Crippen molar-refractivity contribution in [2.24, 2.45) is 5.92 Å². The zero-order chi connectivity index (χ0) is 43.7. The Balaban J connectivity index is 0.814. The number of anilines is 5. The van der Waals surface area contributed by atoms with Crippen LogP contribution < -0.4 is 35.4 Å². The number of rotatable bonds is 11. The molecule has 3 N–H and O–H groups in total. The summed E-state index contributed by atoms with van der Waals surface area (Å²) in [6.07, 6.45) is 10.9. The van der Waals surface area contributed by atoms with Crippen LogP contribution in [0.2, 0.25) is 0 Å². The van der Waals surface area contributed by atoms with Crippen LogP contribution in [0.15, 0.2) is 42.6 Å². The molecule has 2 aliphatic carbocycles. The summed E-state index contributed by atoms with van der Waals surface area (Å²) in [5.41, 5.74) is 2.28. The van der Waals surface area contributed by atoms with Crippen LogP contribution in [0, 0.1) is 11.7 Å². The Bertz CT molecular complexity index is 2170. The van der Waals surface area contributed by atoms with E-state index in [-0.39, 0.29) is 59.5 Å². The number of imide groups is 1. The molecule has 0 bridgehead atoms. The highest BCUT2D eigenvalue weighted by Crippen LogP contribution is 2.40. The Morgan fingerprint density at radius 3 is 2.40 bits per heavy atom. The molecule has 0 spiro atoms. The van der Waals surface area contributed by atoms with Gasteiger partial charge < -0.3 is 35.0 Å². The fourth-order valence-corrected chi connectivity index (χ4v) is 10.0. The van der Waals surface area contributed by atoms with E-state index < -0.39 is 24.3 Å². The summed E-state index contributed by atoms with van der Waals surface area (Å²) < 4.78 is 51.1. The second-order valence-electron chi connectivity index (χ2n) is 17.6. The maximum atomic E-state index is 15.3. The van der Waals surface area contributed by atoms with Gasteiger partial charge in [-0.3, -0.25) is 24.5 Å². The Morgan fingerprint density at radius 1 is 0.968 bits per heavy atom. The number of hydrogen-bond acceptors (Lipinski definition) is 11. The standard InChI is InChI=1S/C45H56F3N9O5/c1-54(31-18-20-56(21-19-31)36-16-11-28(22-34(36)46)33-14-17-39(58)52-42(33)60)25-27-8-12-30(13-9-27)50-41(59)29-10-15-35(38(23-29)62-3)51-44-49-24-37-40(53-44)57(32-6-4-5-7-32)26-45(47,48)43(61)55(37)2/h10-11,15-16,22-24,27,30-33H,4-9,12-14,17-21,25-26H2,1-3H3,(H,50,59)(H,49,51,53)(H,52,58,60)/t27-,30-,33?. The molecule has 1 aromatic heterocycles. The Kier molecular flexibility index (Phi) is 12.6. The molecule has 2 saturated heterocycles. The number of aromatic nitrogens is 2. The van der Waals surface area contributed by atoms with Crippen molar-refractivity contribution >= 4 is 52.5 Å². The third-order valence-electron chi connectivity index (χ3n) is 13.6. The first kappa shape index (κ1) is 43.2. The van der Waals surface area contributed by atoms with Crippen molar-refractivity contribution < 1.29 is 37.1 Å². The fourth-order valence-electron chi connectivity index (χ4n) is 10.0. The first-order valence-corrected chi connectivity index (χ1v) is 21.9. The van der Waals surface area contributed by atoms with E-state index in [4.69, 9.17) is 4.74 Å². The summed E-state index contributed by atoms with van der Waals surface area (Å²) in [6.45, 7) is 1.67. The molecule has 8 rings (SSSR count). The maximum Gasteiger partial charge on any atom is 0.342 e. The lowest BCUT2D eigenvalue weighted by Crippen LogP contribution is -2.48. The summed E-state index contributed by atoms with van der Waals surface area (Å²) >= 11 is 0. The molecule has 0 radical (unpaired) electrons. The lowest BCUT2D eigenvalue weighted by molar-refractivity contribution is -0.140. The van der Waals surface area contributed by atoms with Gasteiger partial charge in [-0.15, -0.1) is 0 Å². The minimum atomic E-state index is -3.58. The molecule has 1 atom stereocenters. The van der Waals surface area contributed by atoms with Crippen LogP contribution in [0.4, 0.5) is 42.0 Å². The average Bonchev–Trinajstić information content (AvgIpc) is 3.79. The lowest BCUT2D eigenvalue weighted by atomic mass is 9.85. The number of amides is 4. The van der Waals surface area contributed by atoms with Crippen molar-refractivity contribution in [2.75, 3.05) is 67.4 Å². The molecule has 4 amide bonds. The van der Waals surface area contributed by atoms with Gasteiger partial charge in [0, 0.05) is 56.8 Å². The van der Waals surface area contributed by atoms with Crippen molar-refractivity contribution in [1.82, 2.24) is 25.5 Å². The Labute approximate surface area is 359 Å². The van der Waals surface area contributed by atoms with E-state index in [0.29, 0.717) is 46.6 Å². The number of halogens is 3. The molecule has 2 aromatic carbocycles. The Hall–Kier alpha value is -5.45. The summed E-state index contributed by atoms with van der Waals surface area (Å²) in [5.74, 6) is -5.28. The third-order valence-corrected chi connectivity index (χ3v) is 13.6. The van der Waals surface area contributed by atoms with Crippen LogP contribution in [0.25, 0.3) is 0 Å². The predicted octanol–water partition coefficient (Wildman–Crippen LogP) is 6.14. The van der Waals surface area contributed by atoms with Crippen LogP contribution in [0.1, 0.15) is 98.9 Å². The van der Waals surface area contributed by atoms with Crippen molar-refractivity contribution in [3.05, 3.63) is 59.5 Å². The van der Waals surface area contributed by atoms with Crippen LogP contribution >= 0.6 is 0 Å². The molecule has 3 aliphatic heterocycles. The number of ether oxygens (including phenoxy) is 1. The normalized spacial score (nSPS) is 23.6. The molecule has 62 heavy (non-hydrogen) atoms. The van der Waals surface area contributed by atoms with Gasteiger partial charge in [-0.1, -0.05) is 18.9 Å². The van der Waals surface area contributed by atoms with Crippen molar-refractivity contribution in [3.8, 4) is 5.75 Å². The minimum Gasteiger partial charge on any atom is -0.495 e. The van der Waals surface area contributed by atoms with Crippen LogP contribution in [-0.4, -0.2) is 110 Å². The van der Waals surface area contributed by atoms with E-state index in [1.807, 2.05) is 0 Å². The van der Waals surface area contributed by atoms with Gasteiger partial charge in [-0.05, 0) is 107 Å². The number of piperidine rings is 2. The van der Waals surface area contributed by atoms with Gasteiger partial charge >= 0.3 is 5.92 Å². The average molecular weight is 860 g/mol. The Morgan fingerprint density at radius 2 is 1.71 bits per heavy atom. The topological polar surface area (TPSA) is 152 Å². The van der Waals surface area contributed by atoms with E-state index in [0.717, 1.165) is 88.7 Å².